The van der Waals surface area contributed by atoms with E-state index in [2.05, 4.69) is 15.6 Å². The third kappa shape index (κ3) is 5.60. The molecule has 1 aromatic carbocycles. The lowest BCUT2D eigenvalue weighted by Crippen LogP contribution is -2.56. The van der Waals surface area contributed by atoms with Gasteiger partial charge in [0.2, 0.25) is 11.8 Å². The molecule has 30 heavy (non-hydrogen) atoms. The normalized spacial score (nSPS) is 15.4. The average Bonchev–Trinajstić information content (AvgIpc) is 3.12. The number of amides is 2. The van der Waals surface area contributed by atoms with Crippen molar-refractivity contribution in [2.24, 2.45) is 17.6 Å². The molecule has 0 aliphatic rings. The molecule has 0 aliphatic heterocycles. The number of carbonyl (C=O) groups excluding carboxylic acids is 2. The molecule has 0 saturated carbocycles. The van der Waals surface area contributed by atoms with Crippen LogP contribution in [0.4, 0.5) is 0 Å². The number of carboxylic acids is 1. The lowest BCUT2D eigenvalue weighted by molar-refractivity contribution is -0.143. The van der Waals surface area contributed by atoms with Crippen molar-refractivity contribution in [3.63, 3.8) is 0 Å². The summed E-state index contributed by atoms with van der Waals surface area (Å²) in [6.45, 7) is 7.24. The molecule has 1 heterocycles. The van der Waals surface area contributed by atoms with Gasteiger partial charge in [0.05, 0.1) is 6.04 Å². The maximum atomic E-state index is 13.0. The number of H-pyrrole nitrogens is 1. The highest BCUT2D eigenvalue weighted by atomic mass is 16.4. The lowest BCUT2D eigenvalue weighted by Gasteiger charge is -2.25. The molecule has 2 amide bonds. The Bertz CT molecular complexity index is 892. The van der Waals surface area contributed by atoms with Gasteiger partial charge in [0, 0.05) is 23.5 Å². The van der Waals surface area contributed by atoms with Gasteiger partial charge >= 0.3 is 5.97 Å². The number of hydrogen-bond donors (Lipinski definition) is 5. The van der Waals surface area contributed by atoms with E-state index in [1.807, 2.05) is 38.1 Å². The maximum Gasteiger partial charge on any atom is 0.326 e. The zero-order chi connectivity index (χ0) is 22.4. The summed E-state index contributed by atoms with van der Waals surface area (Å²) in [7, 11) is 0. The second-order valence-electron chi connectivity index (χ2n) is 8.10. The summed E-state index contributed by atoms with van der Waals surface area (Å²) < 4.78 is 0. The molecule has 2 rings (SSSR count). The van der Waals surface area contributed by atoms with Crippen LogP contribution in [-0.2, 0) is 20.8 Å². The number of carbonyl (C=O) groups is 3. The van der Waals surface area contributed by atoms with Crippen LogP contribution in [0.15, 0.2) is 30.5 Å². The second-order valence-corrected chi connectivity index (χ2v) is 8.10. The highest BCUT2D eigenvalue weighted by Gasteiger charge is 2.31. The molecule has 164 valence electrons. The van der Waals surface area contributed by atoms with E-state index in [0.29, 0.717) is 0 Å². The minimum absolute atomic E-state index is 0.0516. The number of aliphatic carboxylic acids is 1. The molecule has 6 N–H and O–H groups in total. The Morgan fingerprint density at radius 3 is 2.37 bits per heavy atom. The molecule has 0 fully saturated rings. The number of hydrogen-bond acceptors (Lipinski definition) is 4. The van der Waals surface area contributed by atoms with Gasteiger partial charge in [-0.25, -0.2) is 4.79 Å². The first-order chi connectivity index (χ1) is 14.1. The fourth-order valence-electron chi connectivity index (χ4n) is 3.28. The van der Waals surface area contributed by atoms with Gasteiger partial charge in [-0.3, -0.25) is 9.59 Å². The smallest absolute Gasteiger partial charge is 0.326 e. The Hall–Kier alpha value is -2.87. The topological polar surface area (TPSA) is 137 Å². The standard InChI is InChI=1S/C22H32N4O4/c1-5-13(4)18(23)21(28)25-17(20(27)26-19(12(2)3)22(29)30)10-14-11-24-16-9-7-6-8-15(14)16/h6-9,11-13,17-19,24H,5,10,23H2,1-4H3,(H,25,28)(H,26,27)(H,29,30). The Morgan fingerprint density at radius 2 is 1.77 bits per heavy atom. The summed E-state index contributed by atoms with van der Waals surface area (Å²) in [6, 6.07) is 4.89. The van der Waals surface area contributed by atoms with Crippen molar-refractivity contribution in [3.8, 4) is 0 Å². The lowest BCUT2D eigenvalue weighted by atomic mass is 9.97. The zero-order valence-corrected chi connectivity index (χ0v) is 17.9. The van der Waals surface area contributed by atoms with E-state index in [-0.39, 0.29) is 18.3 Å². The van der Waals surface area contributed by atoms with Crippen molar-refractivity contribution in [2.45, 2.75) is 58.7 Å². The predicted octanol–water partition coefficient (Wildman–Crippen LogP) is 1.79. The number of benzene rings is 1. The third-order valence-corrected chi connectivity index (χ3v) is 5.52. The predicted molar refractivity (Wildman–Crippen MR) is 116 cm³/mol. The third-order valence-electron chi connectivity index (χ3n) is 5.52. The van der Waals surface area contributed by atoms with Crippen LogP contribution >= 0.6 is 0 Å². The van der Waals surface area contributed by atoms with Gasteiger partial charge in [-0.2, -0.15) is 0 Å². The van der Waals surface area contributed by atoms with Crippen molar-refractivity contribution in [1.29, 1.82) is 0 Å². The fourth-order valence-corrected chi connectivity index (χ4v) is 3.28. The van der Waals surface area contributed by atoms with Gasteiger partial charge in [-0.05, 0) is 23.5 Å². The summed E-state index contributed by atoms with van der Waals surface area (Å²) in [5.74, 6) is -2.46. The average molecular weight is 417 g/mol. The van der Waals surface area contributed by atoms with E-state index in [0.717, 1.165) is 22.9 Å². The van der Waals surface area contributed by atoms with Crippen molar-refractivity contribution in [2.75, 3.05) is 0 Å². The molecular formula is C22H32N4O4. The molecule has 0 radical (unpaired) electrons. The molecule has 8 heteroatoms. The molecule has 8 nitrogen and oxygen atoms in total. The van der Waals surface area contributed by atoms with E-state index in [4.69, 9.17) is 5.73 Å². The van der Waals surface area contributed by atoms with Crippen LogP contribution in [0.5, 0.6) is 0 Å². The van der Waals surface area contributed by atoms with E-state index in [1.165, 1.54) is 0 Å². The van der Waals surface area contributed by atoms with E-state index in [9.17, 15) is 19.5 Å². The Kier molecular flexibility index (Phi) is 8.00. The number of rotatable bonds is 10. The number of carboxylic acid groups (broad SMARTS) is 1. The molecule has 1 aromatic heterocycles. The highest BCUT2D eigenvalue weighted by molar-refractivity contribution is 5.93. The minimum Gasteiger partial charge on any atom is -0.480 e. The molecule has 0 aliphatic carbocycles. The van der Waals surface area contributed by atoms with Crippen molar-refractivity contribution < 1.29 is 19.5 Å². The van der Waals surface area contributed by atoms with E-state index >= 15 is 0 Å². The first kappa shape index (κ1) is 23.4. The number of fused-ring (bicyclic) bond motifs is 1. The molecule has 4 unspecified atom stereocenters. The molecule has 0 saturated heterocycles. The highest BCUT2D eigenvalue weighted by Crippen LogP contribution is 2.19. The van der Waals surface area contributed by atoms with Crippen molar-refractivity contribution in [3.05, 3.63) is 36.0 Å². The Labute approximate surface area is 176 Å². The summed E-state index contributed by atoms with van der Waals surface area (Å²) in [6.07, 6.45) is 2.73. The summed E-state index contributed by atoms with van der Waals surface area (Å²) in [4.78, 5) is 40.3. The number of nitrogens with one attached hydrogen (secondary N) is 3. The van der Waals surface area contributed by atoms with Gasteiger partial charge < -0.3 is 26.5 Å². The number of para-hydroxylation sites is 1. The fraction of sp³-hybridized carbons (Fsp3) is 0.500. The molecular weight excluding hydrogens is 384 g/mol. The van der Waals surface area contributed by atoms with Gasteiger partial charge in [0.25, 0.3) is 0 Å². The zero-order valence-electron chi connectivity index (χ0n) is 17.9. The van der Waals surface area contributed by atoms with Crippen LogP contribution in [-0.4, -0.2) is 46.0 Å². The summed E-state index contributed by atoms with van der Waals surface area (Å²) >= 11 is 0. The summed E-state index contributed by atoms with van der Waals surface area (Å²) in [5.41, 5.74) is 7.80. The quantitative estimate of drug-likeness (QED) is 0.402. The van der Waals surface area contributed by atoms with Crippen LogP contribution < -0.4 is 16.4 Å². The van der Waals surface area contributed by atoms with E-state index < -0.39 is 35.9 Å². The maximum absolute atomic E-state index is 13.0. The molecule has 0 bridgehead atoms. The summed E-state index contributed by atoms with van der Waals surface area (Å²) in [5, 5.41) is 15.7. The Morgan fingerprint density at radius 1 is 1.10 bits per heavy atom. The second kappa shape index (κ2) is 10.2. The monoisotopic (exact) mass is 416 g/mol. The first-order valence-electron chi connectivity index (χ1n) is 10.3. The first-order valence-corrected chi connectivity index (χ1v) is 10.3. The minimum atomic E-state index is -1.12. The number of aromatic amines is 1. The van der Waals surface area contributed by atoms with Crippen LogP contribution in [0, 0.1) is 11.8 Å². The van der Waals surface area contributed by atoms with Crippen LogP contribution in [0.2, 0.25) is 0 Å². The largest absolute Gasteiger partial charge is 0.480 e. The van der Waals surface area contributed by atoms with Gasteiger partial charge in [-0.15, -0.1) is 0 Å². The van der Waals surface area contributed by atoms with Gasteiger partial charge in [0.1, 0.15) is 12.1 Å². The van der Waals surface area contributed by atoms with Crippen molar-refractivity contribution >= 4 is 28.7 Å². The van der Waals surface area contributed by atoms with E-state index in [1.54, 1.807) is 20.0 Å². The van der Waals surface area contributed by atoms with Gasteiger partial charge in [0.15, 0.2) is 0 Å². The molecule has 2 aromatic rings. The van der Waals surface area contributed by atoms with Gasteiger partial charge in [-0.1, -0.05) is 52.3 Å². The number of nitrogens with two attached hydrogens (primary N) is 1. The van der Waals surface area contributed by atoms with Crippen LogP contribution in [0.1, 0.15) is 39.7 Å². The number of aromatic nitrogens is 1. The molecule has 0 spiro atoms. The van der Waals surface area contributed by atoms with Crippen molar-refractivity contribution in [1.82, 2.24) is 15.6 Å². The SMILES string of the molecule is CCC(C)C(N)C(=O)NC(Cc1c[nH]c2ccccc12)C(=O)NC(C(=O)O)C(C)C. The van der Waals surface area contributed by atoms with Crippen LogP contribution in [0.25, 0.3) is 10.9 Å². The molecule has 4 atom stereocenters. The Balaban J connectivity index is 2.28. The van der Waals surface area contributed by atoms with Crippen LogP contribution in [0.3, 0.4) is 0 Å².